The average Bonchev–Trinajstić information content (AvgIpc) is 3.06. The fourth-order valence-corrected chi connectivity index (χ4v) is 4.25. The third kappa shape index (κ3) is 8.45. The third-order valence-electron chi connectivity index (χ3n) is 6.43. The zero-order chi connectivity index (χ0) is 30.6. The number of carbonyl (C=O) groups is 1. The molecule has 0 saturated carbocycles. The second kappa shape index (κ2) is 14.7. The molecule has 6 nitrogen and oxygen atoms in total. The smallest absolute Gasteiger partial charge is 0.341 e. The van der Waals surface area contributed by atoms with Gasteiger partial charge in [-0.05, 0) is 114 Å². The van der Waals surface area contributed by atoms with E-state index in [4.69, 9.17) is 14.6 Å². The molecule has 5 rings (SSSR count). The molecular formula is C38H28N2O4. The van der Waals surface area contributed by atoms with Crippen molar-refractivity contribution in [2.75, 3.05) is 13.2 Å². The van der Waals surface area contributed by atoms with E-state index in [1.165, 1.54) is 0 Å². The van der Waals surface area contributed by atoms with E-state index < -0.39 is 12.6 Å². The van der Waals surface area contributed by atoms with Crippen LogP contribution in [-0.2, 0) is 4.79 Å². The minimum absolute atomic E-state index is 0.312. The van der Waals surface area contributed by atoms with Gasteiger partial charge in [-0.25, -0.2) is 14.8 Å². The number of aromatic nitrogens is 2. The van der Waals surface area contributed by atoms with Crippen molar-refractivity contribution >= 4 is 11.5 Å². The van der Waals surface area contributed by atoms with Gasteiger partial charge in [-0.3, -0.25) is 0 Å². The maximum atomic E-state index is 10.8. The molecule has 0 aliphatic carbocycles. The summed E-state index contributed by atoms with van der Waals surface area (Å²) in [7, 11) is 0. The van der Waals surface area contributed by atoms with Crippen molar-refractivity contribution in [2.45, 2.75) is 6.92 Å². The van der Waals surface area contributed by atoms with E-state index in [2.05, 4.69) is 33.6 Å². The van der Waals surface area contributed by atoms with Crippen LogP contribution in [0.15, 0.2) is 122 Å². The zero-order valence-electron chi connectivity index (χ0n) is 24.0. The van der Waals surface area contributed by atoms with Crippen LogP contribution in [0.25, 0.3) is 5.57 Å². The van der Waals surface area contributed by atoms with Crippen LogP contribution in [0.1, 0.15) is 39.2 Å². The number of nitrogens with zero attached hydrogens (tertiary/aromatic N) is 2. The van der Waals surface area contributed by atoms with Crippen LogP contribution in [0, 0.1) is 30.6 Å². The number of benzene rings is 3. The van der Waals surface area contributed by atoms with Gasteiger partial charge in [0.05, 0.1) is 0 Å². The lowest BCUT2D eigenvalue weighted by atomic mass is 9.96. The topological polar surface area (TPSA) is 81.5 Å². The molecule has 0 unspecified atom stereocenters. The Balaban J connectivity index is 1.37. The van der Waals surface area contributed by atoms with Crippen molar-refractivity contribution in [3.05, 3.63) is 161 Å². The lowest BCUT2D eigenvalue weighted by Crippen LogP contribution is -2.10. The molecule has 0 saturated heterocycles. The molecule has 0 aliphatic heterocycles. The summed E-state index contributed by atoms with van der Waals surface area (Å²) < 4.78 is 11.4. The van der Waals surface area contributed by atoms with Crippen LogP contribution < -0.4 is 9.47 Å². The molecule has 3 aromatic carbocycles. The van der Waals surface area contributed by atoms with Crippen molar-refractivity contribution in [1.82, 2.24) is 9.97 Å². The van der Waals surface area contributed by atoms with Crippen molar-refractivity contribution in [3.63, 3.8) is 0 Å². The van der Waals surface area contributed by atoms with E-state index in [0.29, 0.717) is 18.1 Å². The number of carboxylic acids is 1. The molecule has 44 heavy (non-hydrogen) atoms. The molecule has 6 heteroatoms. The highest BCUT2D eigenvalue weighted by Crippen LogP contribution is 2.26. The molecule has 0 bridgehead atoms. The standard InChI is InChI=1S/C38H28N2O4/c1-28-26-35(20-21-37(28)44-27-38(41)42)43-25-22-36(31-14-8-29(9-15-31)12-18-33-6-2-4-23-39-33)32-16-10-30(11-17-32)13-19-34-7-3-5-24-40-34/h2-11,14-17,20-24,26H,25,27H2,1H3,(H,41,42). The number of rotatable bonds is 8. The van der Waals surface area contributed by atoms with Crippen LogP contribution in [0.4, 0.5) is 0 Å². The van der Waals surface area contributed by atoms with Crippen molar-refractivity contribution < 1.29 is 19.4 Å². The van der Waals surface area contributed by atoms with E-state index in [-0.39, 0.29) is 0 Å². The number of ether oxygens (including phenoxy) is 2. The second-order valence-electron chi connectivity index (χ2n) is 9.62. The Morgan fingerprint density at radius 2 is 1.30 bits per heavy atom. The molecule has 0 fully saturated rings. The first kappa shape index (κ1) is 29.4. The summed E-state index contributed by atoms with van der Waals surface area (Å²) in [5.41, 5.74) is 7.02. The molecule has 2 aromatic heterocycles. The molecule has 0 amide bonds. The van der Waals surface area contributed by atoms with Crippen molar-refractivity contribution in [2.24, 2.45) is 0 Å². The van der Waals surface area contributed by atoms with Gasteiger partial charge >= 0.3 is 5.97 Å². The Morgan fingerprint density at radius 3 is 1.77 bits per heavy atom. The quantitative estimate of drug-likeness (QED) is 0.211. The molecular weight excluding hydrogens is 548 g/mol. The summed E-state index contributed by atoms with van der Waals surface area (Å²) in [6, 6.07) is 32.8. The molecule has 0 radical (unpaired) electrons. The maximum Gasteiger partial charge on any atom is 0.341 e. The van der Waals surface area contributed by atoms with E-state index in [9.17, 15) is 4.79 Å². The van der Waals surface area contributed by atoms with E-state index in [1.54, 1.807) is 24.5 Å². The van der Waals surface area contributed by atoms with Gasteiger partial charge in [-0.15, -0.1) is 0 Å². The van der Waals surface area contributed by atoms with Crippen LogP contribution in [0.2, 0.25) is 0 Å². The summed E-state index contributed by atoms with van der Waals surface area (Å²) in [6.07, 6.45) is 5.49. The fourth-order valence-electron chi connectivity index (χ4n) is 4.25. The first-order valence-electron chi connectivity index (χ1n) is 13.9. The van der Waals surface area contributed by atoms with E-state index in [0.717, 1.165) is 44.8 Å². The first-order valence-corrected chi connectivity index (χ1v) is 13.9. The number of carboxylic acid groups (broad SMARTS) is 1. The van der Waals surface area contributed by atoms with Crippen LogP contribution in [-0.4, -0.2) is 34.3 Å². The molecule has 0 aliphatic rings. The van der Waals surface area contributed by atoms with Gasteiger partial charge in [0.1, 0.15) is 29.5 Å². The second-order valence-corrected chi connectivity index (χ2v) is 9.62. The van der Waals surface area contributed by atoms with Gasteiger partial charge in [0.2, 0.25) is 0 Å². The predicted molar refractivity (Wildman–Crippen MR) is 170 cm³/mol. The lowest BCUT2D eigenvalue weighted by Gasteiger charge is -2.12. The van der Waals surface area contributed by atoms with E-state index >= 15 is 0 Å². The Bertz CT molecular complexity index is 1770. The van der Waals surface area contributed by atoms with E-state index in [1.807, 2.05) is 104 Å². The highest BCUT2D eigenvalue weighted by atomic mass is 16.5. The molecule has 0 spiro atoms. The number of pyridine rings is 2. The highest BCUT2D eigenvalue weighted by Gasteiger charge is 2.08. The fraction of sp³-hybridized carbons (Fsp3) is 0.0789. The average molecular weight is 577 g/mol. The predicted octanol–water partition coefficient (Wildman–Crippen LogP) is 6.56. The molecule has 5 aromatic rings. The summed E-state index contributed by atoms with van der Waals surface area (Å²) in [5, 5.41) is 8.88. The van der Waals surface area contributed by atoms with Crippen molar-refractivity contribution in [3.8, 4) is 35.2 Å². The summed E-state index contributed by atoms with van der Waals surface area (Å²) in [4.78, 5) is 19.4. The highest BCUT2D eigenvalue weighted by molar-refractivity contribution is 5.80. The lowest BCUT2D eigenvalue weighted by molar-refractivity contribution is -0.139. The summed E-state index contributed by atoms with van der Waals surface area (Å²) >= 11 is 0. The number of aliphatic carboxylic acids is 1. The van der Waals surface area contributed by atoms with Crippen LogP contribution >= 0.6 is 0 Å². The summed E-state index contributed by atoms with van der Waals surface area (Å²) in [5.74, 6) is 12.7. The number of hydrogen-bond donors (Lipinski definition) is 1. The van der Waals surface area contributed by atoms with Crippen LogP contribution in [0.5, 0.6) is 11.5 Å². The minimum Gasteiger partial charge on any atom is -0.489 e. The Hall–Kier alpha value is -6.11. The Kier molecular flexibility index (Phi) is 9.81. The Labute approximate surface area is 256 Å². The third-order valence-corrected chi connectivity index (χ3v) is 6.43. The van der Waals surface area contributed by atoms with Crippen molar-refractivity contribution in [1.29, 1.82) is 0 Å². The maximum absolute atomic E-state index is 10.8. The SMILES string of the molecule is Cc1cc(OCC=C(c2ccc(C#Cc3ccccn3)cc2)c2ccc(C#Cc3ccccn3)cc2)ccc1OCC(=O)O. The number of aryl methyl sites for hydroxylation is 1. The Morgan fingerprint density at radius 1 is 0.727 bits per heavy atom. The minimum atomic E-state index is -1.02. The molecule has 214 valence electrons. The molecule has 1 N–H and O–H groups in total. The zero-order valence-corrected chi connectivity index (χ0v) is 24.0. The van der Waals surface area contributed by atoms with Gasteiger partial charge in [0.25, 0.3) is 0 Å². The first-order chi connectivity index (χ1) is 21.5. The van der Waals surface area contributed by atoms with Crippen LogP contribution in [0.3, 0.4) is 0 Å². The monoisotopic (exact) mass is 576 g/mol. The van der Waals surface area contributed by atoms with Gasteiger partial charge in [-0.1, -0.05) is 48.2 Å². The summed E-state index contributed by atoms with van der Waals surface area (Å²) in [6.45, 7) is 1.77. The molecule has 2 heterocycles. The van der Waals surface area contributed by atoms with Gasteiger partial charge in [0, 0.05) is 23.5 Å². The number of hydrogen-bond acceptors (Lipinski definition) is 5. The van der Waals surface area contributed by atoms with Gasteiger partial charge in [-0.2, -0.15) is 0 Å². The molecule has 0 atom stereocenters. The normalized spacial score (nSPS) is 9.93. The van der Waals surface area contributed by atoms with Gasteiger partial charge in [0.15, 0.2) is 6.61 Å². The largest absolute Gasteiger partial charge is 0.489 e. The van der Waals surface area contributed by atoms with Gasteiger partial charge < -0.3 is 14.6 Å².